The zero-order valence-electron chi connectivity index (χ0n) is 11.9. The Morgan fingerprint density at radius 1 is 1.33 bits per heavy atom. The number of nitrogens with one attached hydrogen (secondary N) is 1. The number of aromatic amines is 1. The average molecular weight is 311 g/mol. The van der Waals surface area contributed by atoms with E-state index in [-0.39, 0.29) is 24.3 Å². The molecule has 0 aliphatic carbocycles. The van der Waals surface area contributed by atoms with Crippen molar-refractivity contribution >= 4 is 12.4 Å². The molecule has 2 aromatic rings. The Morgan fingerprint density at radius 3 is 2.67 bits per heavy atom. The minimum atomic E-state index is -0.228. The van der Waals surface area contributed by atoms with Crippen molar-refractivity contribution in [3.8, 4) is 11.3 Å². The van der Waals surface area contributed by atoms with Crippen molar-refractivity contribution in [2.45, 2.75) is 19.5 Å². The maximum atomic E-state index is 13.0. The van der Waals surface area contributed by atoms with Gasteiger partial charge in [-0.25, -0.2) is 4.39 Å². The number of hydrogen-bond donors (Lipinski definition) is 2. The minimum absolute atomic E-state index is 0. The van der Waals surface area contributed by atoms with Crippen LogP contribution in [0.25, 0.3) is 11.3 Å². The van der Waals surface area contributed by atoms with Crippen molar-refractivity contribution in [1.29, 1.82) is 0 Å². The number of rotatable bonds is 3. The monoisotopic (exact) mass is 310 g/mol. The molecule has 1 aromatic heterocycles. The van der Waals surface area contributed by atoms with Crippen LogP contribution in [0, 0.1) is 11.7 Å². The summed E-state index contributed by atoms with van der Waals surface area (Å²) in [6.45, 7) is 4.92. The highest BCUT2D eigenvalue weighted by Crippen LogP contribution is 2.24. The molecule has 1 fully saturated rings. The van der Waals surface area contributed by atoms with Gasteiger partial charge in [0.25, 0.3) is 0 Å². The molecule has 1 saturated heterocycles. The Bertz CT molecular complexity index is 574. The fraction of sp³-hybridized carbons (Fsp3) is 0.400. The van der Waals surface area contributed by atoms with Gasteiger partial charge in [0.1, 0.15) is 5.82 Å². The van der Waals surface area contributed by atoms with Crippen LogP contribution in [0.15, 0.2) is 30.5 Å². The summed E-state index contributed by atoms with van der Waals surface area (Å²) >= 11 is 0. The van der Waals surface area contributed by atoms with Crippen LogP contribution < -0.4 is 5.73 Å². The largest absolute Gasteiger partial charge is 0.326 e. The predicted octanol–water partition coefficient (Wildman–Crippen LogP) is 2.42. The lowest BCUT2D eigenvalue weighted by Crippen LogP contribution is -2.28. The molecule has 21 heavy (non-hydrogen) atoms. The second-order valence-corrected chi connectivity index (χ2v) is 5.61. The van der Waals surface area contributed by atoms with Crippen LogP contribution in [0.4, 0.5) is 4.39 Å². The number of benzene rings is 1. The van der Waals surface area contributed by atoms with Crippen LogP contribution in [0.2, 0.25) is 0 Å². The van der Waals surface area contributed by atoms with Crippen LogP contribution >= 0.6 is 12.4 Å². The molecule has 0 spiro atoms. The molecular weight excluding hydrogens is 291 g/mol. The third-order valence-electron chi connectivity index (χ3n) is 3.99. The standard InChI is InChI=1S/C15H19FN4.ClH/c1-10-7-20(9-14(10)17)8-12-6-18-19-15(12)11-2-4-13(16)5-3-11;/h2-6,10,14H,7-9,17H2,1H3,(H,18,19);1H. The van der Waals surface area contributed by atoms with E-state index in [9.17, 15) is 4.39 Å². The molecule has 0 saturated carbocycles. The first-order valence-electron chi connectivity index (χ1n) is 6.89. The number of nitrogens with two attached hydrogens (primary N) is 1. The SMILES string of the molecule is CC1CN(Cc2cn[nH]c2-c2ccc(F)cc2)CC1N.Cl. The van der Waals surface area contributed by atoms with Crippen LogP contribution in [0.1, 0.15) is 12.5 Å². The molecule has 1 aromatic carbocycles. The Labute approximate surface area is 129 Å². The number of halogens is 2. The smallest absolute Gasteiger partial charge is 0.123 e. The van der Waals surface area contributed by atoms with E-state index in [0.29, 0.717) is 5.92 Å². The number of hydrogen-bond acceptors (Lipinski definition) is 3. The van der Waals surface area contributed by atoms with Crippen molar-refractivity contribution in [3.63, 3.8) is 0 Å². The number of nitrogens with zero attached hydrogens (tertiary/aromatic N) is 2. The molecule has 6 heteroatoms. The Kier molecular flexibility index (Phi) is 4.98. The van der Waals surface area contributed by atoms with Gasteiger partial charge in [0.05, 0.1) is 11.9 Å². The molecular formula is C15H20ClFN4. The van der Waals surface area contributed by atoms with Crippen LogP contribution in [0.3, 0.4) is 0 Å². The van der Waals surface area contributed by atoms with Crippen molar-refractivity contribution in [2.75, 3.05) is 13.1 Å². The van der Waals surface area contributed by atoms with Gasteiger partial charge in [-0.05, 0) is 30.2 Å². The van der Waals surface area contributed by atoms with Crippen LogP contribution in [-0.4, -0.2) is 34.2 Å². The maximum absolute atomic E-state index is 13.0. The second-order valence-electron chi connectivity index (χ2n) is 5.61. The van der Waals surface area contributed by atoms with E-state index < -0.39 is 0 Å². The summed E-state index contributed by atoms with van der Waals surface area (Å²) in [7, 11) is 0. The number of H-pyrrole nitrogens is 1. The molecule has 3 N–H and O–H groups in total. The second kappa shape index (κ2) is 6.56. The molecule has 0 amide bonds. The maximum Gasteiger partial charge on any atom is 0.123 e. The lowest BCUT2D eigenvalue weighted by Gasteiger charge is -2.15. The molecule has 114 valence electrons. The molecule has 3 rings (SSSR count). The van der Waals surface area contributed by atoms with Gasteiger partial charge in [0.2, 0.25) is 0 Å². The molecule has 1 aliphatic rings. The molecule has 2 heterocycles. The van der Waals surface area contributed by atoms with E-state index in [1.807, 2.05) is 6.20 Å². The van der Waals surface area contributed by atoms with Crippen molar-refractivity contribution in [1.82, 2.24) is 15.1 Å². The number of likely N-dealkylation sites (tertiary alicyclic amines) is 1. The van der Waals surface area contributed by atoms with Gasteiger partial charge in [-0.15, -0.1) is 12.4 Å². The van der Waals surface area contributed by atoms with Gasteiger partial charge >= 0.3 is 0 Å². The number of aromatic nitrogens is 2. The van der Waals surface area contributed by atoms with Gasteiger partial charge in [-0.3, -0.25) is 10.00 Å². The van der Waals surface area contributed by atoms with Gasteiger partial charge < -0.3 is 5.73 Å². The highest BCUT2D eigenvalue weighted by Gasteiger charge is 2.27. The fourth-order valence-electron chi connectivity index (χ4n) is 2.76. The van der Waals surface area contributed by atoms with Crippen molar-refractivity contribution in [3.05, 3.63) is 41.8 Å². The van der Waals surface area contributed by atoms with Gasteiger partial charge in [0, 0.05) is 36.8 Å². The summed E-state index contributed by atoms with van der Waals surface area (Å²) in [5, 5.41) is 7.13. The molecule has 2 atom stereocenters. The van der Waals surface area contributed by atoms with E-state index >= 15 is 0 Å². The average Bonchev–Trinajstić information content (AvgIpc) is 2.99. The van der Waals surface area contributed by atoms with E-state index in [2.05, 4.69) is 22.0 Å². The summed E-state index contributed by atoms with van der Waals surface area (Å²) in [5.41, 5.74) is 9.09. The van der Waals surface area contributed by atoms with E-state index in [1.165, 1.54) is 12.1 Å². The van der Waals surface area contributed by atoms with Gasteiger partial charge in [0.15, 0.2) is 0 Å². The summed E-state index contributed by atoms with van der Waals surface area (Å²) < 4.78 is 13.0. The highest BCUT2D eigenvalue weighted by molar-refractivity contribution is 5.85. The quantitative estimate of drug-likeness (QED) is 0.915. The summed E-state index contributed by atoms with van der Waals surface area (Å²) in [5.74, 6) is 0.297. The summed E-state index contributed by atoms with van der Waals surface area (Å²) in [4.78, 5) is 2.34. The highest BCUT2D eigenvalue weighted by atomic mass is 35.5. The molecule has 1 aliphatic heterocycles. The Balaban J connectivity index is 0.00000161. The lowest BCUT2D eigenvalue weighted by atomic mass is 10.1. The van der Waals surface area contributed by atoms with Crippen LogP contribution in [-0.2, 0) is 6.54 Å². The first-order chi connectivity index (χ1) is 9.63. The predicted molar refractivity (Wildman–Crippen MR) is 83.6 cm³/mol. The van der Waals surface area contributed by atoms with Crippen molar-refractivity contribution < 1.29 is 4.39 Å². The Hall–Kier alpha value is -1.43. The fourth-order valence-corrected chi connectivity index (χ4v) is 2.76. The first-order valence-corrected chi connectivity index (χ1v) is 6.89. The van der Waals surface area contributed by atoms with E-state index in [1.54, 1.807) is 12.1 Å². The topological polar surface area (TPSA) is 57.9 Å². The molecule has 4 nitrogen and oxygen atoms in total. The zero-order chi connectivity index (χ0) is 14.1. The van der Waals surface area contributed by atoms with Gasteiger partial charge in [-0.1, -0.05) is 6.92 Å². The van der Waals surface area contributed by atoms with Gasteiger partial charge in [-0.2, -0.15) is 5.10 Å². The Morgan fingerprint density at radius 2 is 2.05 bits per heavy atom. The van der Waals surface area contributed by atoms with E-state index in [0.717, 1.165) is 36.5 Å². The minimum Gasteiger partial charge on any atom is -0.326 e. The van der Waals surface area contributed by atoms with E-state index in [4.69, 9.17) is 5.73 Å². The lowest BCUT2D eigenvalue weighted by molar-refractivity contribution is 0.319. The first kappa shape index (κ1) is 15.9. The summed E-state index contributed by atoms with van der Waals surface area (Å²) in [6.07, 6.45) is 1.84. The third-order valence-corrected chi connectivity index (χ3v) is 3.99. The normalized spacial score (nSPS) is 22.2. The molecule has 2 unspecified atom stereocenters. The zero-order valence-corrected chi connectivity index (χ0v) is 12.7. The molecule has 0 bridgehead atoms. The van der Waals surface area contributed by atoms with Crippen molar-refractivity contribution in [2.24, 2.45) is 11.7 Å². The molecule has 0 radical (unpaired) electrons. The summed E-state index contributed by atoms with van der Waals surface area (Å²) in [6, 6.07) is 6.72. The third kappa shape index (κ3) is 3.43. The van der Waals surface area contributed by atoms with Crippen LogP contribution in [0.5, 0.6) is 0 Å².